The second-order valence-electron chi connectivity index (χ2n) is 10.1. The summed E-state index contributed by atoms with van der Waals surface area (Å²) < 4.78 is 11.7. The molecule has 0 radical (unpaired) electrons. The van der Waals surface area contributed by atoms with Gasteiger partial charge in [0.2, 0.25) is 0 Å². The Hall–Kier alpha value is -2.21. The van der Waals surface area contributed by atoms with Crippen molar-refractivity contribution in [1.82, 2.24) is 9.88 Å². The van der Waals surface area contributed by atoms with E-state index in [2.05, 4.69) is 25.8 Å². The minimum atomic E-state index is 0.0233. The number of furan rings is 1. The molecule has 2 atom stereocenters. The number of fused-ring (bicyclic) bond motifs is 3. The molecule has 1 amide bonds. The van der Waals surface area contributed by atoms with E-state index in [1.54, 1.807) is 0 Å². The van der Waals surface area contributed by atoms with Crippen molar-refractivity contribution in [2.24, 2.45) is 10.8 Å². The number of rotatable bonds is 4. The minimum Gasteiger partial charge on any atom is -0.455 e. The molecule has 2 bridgehead atoms. The lowest BCUT2D eigenvalue weighted by Crippen LogP contribution is -2.37. The SMILES string of the molecule is Cc1cccc2oc(SCc3ccc(C(=O)N4CC5(C)CC4CC(C)(C)C5)o3)nc12. The van der Waals surface area contributed by atoms with Crippen LogP contribution in [0.2, 0.25) is 0 Å². The predicted molar refractivity (Wildman–Crippen MR) is 118 cm³/mol. The fourth-order valence-corrected chi connectivity index (χ4v) is 6.40. The number of aromatic nitrogens is 1. The highest BCUT2D eigenvalue weighted by molar-refractivity contribution is 7.98. The van der Waals surface area contributed by atoms with Crippen LogP contribution < -0.4 is 0 Å². The molecular weight excluding hydrogens is 396 g/mol. The highest BCUT2D eigenvalue weighted by Gasteiger charge is 2.51. The lowest BCUT2D eigenvalue weighted by atomic mass is 9.65. The molecule has 2 fully saturated rings. The van der Waals surface area contributed by atoms with Crippen molar-refractivity contribution in [1.29, 1.82) is 0 Å². The van der Waals surface area contributed by atoms with Gasteiger partial charge in [-0.05, 0) is 60.8 Å². The van der Waals surface area contributed by atoms with Crippen LogP contribution >= 0.6 is 11.8 Å². The van der Waals surface area contributed by atoms with E-state index in [4.69, 9.17) is 8.83 Å². The van der Waals surface area contributed by atoms with Crippen molar-refractivity contribution in [3.8, 4) is 0 Å². The molecule has 158 valence electrons. The van der Waals surface area contributed by atoms with Gasteiger partial charge >= 0.3 is 0 Å². The van der Waals surface area contributed by atoms with Gasteiger partial charge in [0.25, 0.3) is 11.1 Å². The first-order valence-electron chi connectivity index (χ1n) is 10.6. The quantitative estimate of drug-likeness (QED) is 0.476. The van der Waals surface area contributed by atoms with Crippen LogP contribution in [0.4, 0.5) is 0 Å². The predicted octanol–water partition coefficient (Wildman–Crippen LogP) is 6.06. The first-order valence-corrected chi connectivity index (χ1v) is 11.6. The van der Waals surface area contributed by atoms with Crippen LogP contribution in [0.3, 0.4) is 0 Å². The maximum atomic E-state index is 13.2. The molecule has 1 saturated carbocycles. The van der Waals surface area contributed by atoms with E-state index in [0.717, 1.165) is 41.8 Å². The van der Waals surface area contributed by atoms with Crippen molar-refractivity contribution in [3.63, 3.8) is 0 Å². The van der Waals surface area contributed by atoms with E-state index in [0.29, 0.717) is 22.8 Å². The summed E-state index contributed by atoms with van der Waals surface area (Å²) in [5, 5.41) is 0.618. The zero-order chi connectivity index (χ0) is 21.1. The first kappa shape index (κ1) is 19.7. The summed E-state index contributed by atoms with van der Waals surface area (Å²) >= 11 is 1.48. The Morgan fingerprint density at radius 2 is 2.03 bits per heavy atom. The molecule has 3 aromatic rings. The summed E-state index contributed by atoms with van der Waals surface area (Å²) in [7, 11) is 0. The maximum Gasteiger partial charge on any atom is 0.289 e. The van der Waals surface area contributed by atoms with Gasteiger partial charge in [-0.2, -0.15) is 0 Å². The summed E-state index contributed by atoms with van der Waals surface area (Å²) in [4.78, 5) is 19.8. The molecule has 2 unspecified atom stereocenters. The fraction of sp³-hybridized carbons (Fsp3) is 0.500. The molecule has 3 heterocycles. The van der Waals surface area contributed by atoms with Gasteiger partial charge in [0.1, 0.15) is 11.3 Å². The number of hydrogen-bond acceptors (Lipinski definition) is 5. The number of nitrogens with zero attached hydrogens (tertiary/aromatic N) is 2. The van der Waals surface area contributed by atoms with Crippen LogP contribution in [0.5, 0.6) is 0 Å². The zero-order valence-electron chi connectivity index (χ0n) is 18.0. The molecule has 1 aliphatic heterocycles. The molecule has 30 heavy (non-hydrogen) atoms. The number of likely N-dealkylation sites (tertiary alicyclic amines) is 1. The van der Waals surface area contributed by atoms with Gasteiger partial charge in [-0.25, -0.2) is 4.98 Å². The number of oxazole rings is 1. The number of benzene rings is 1. The van der Waals surface area contributed by atoms with E-state index in [9.17, 15) is 4.79 Å². The maximum absolute atomic E-state index is 13.2. The summed E-state index contributed by atoms with van der Waals surface area (Å²) in [6.45, 7) is 9.81. The number of carbonyl (C=O) groups is 1. The van der Waals surface area contributed by atoms with E-state index in [-0.39, 0.29) is 16.7 Å². The second-order valence-corrected chi connectivity index (χ2v) is 11.0. The number of para-hydroxylation sites is 1. The first-order chi connectivity index (χ1) is 14.2. The molecule has 0 N–H and O–H groups in total. The number of thioether (sulfide) groups is 1. The molecular formula is C24H28N2O3S. The molecule has 2 aromatic heterocycles. The van der Waals surface area contributed by atoms with Crippen LogP contribution in [0.15, 0.2) is 44.4 Å². The molecule has 1 aromatic carbocycles. The lowest BCUT2D eigenvalue weighted by Gasteiger charge is -2.39. The highest BCUT2D eigenvalue weighted by Crippen LogP contribution is 2.52. The van der Waals surface area contributed by atoms with Gasteiger partial charge in [-0.1, -0.05) is 44.7 Å². The summed E-state index contributed by atoms with van der Waals surface area (Å²) in [6, 6.07) is 9.94. The molecule has 5 rings (SSSR count). The summed E-state index contributed by atoms with van der Waals surface area (Å²) in [6.07, 6.45) is 3.34. The third kappa shape index (κ3) is 3.55. The molecule has 1 aliphatic carbocycles. The highest BCUT2D eigenvalue weighted by atomic mass is 32.2. The van der Waals surface area contributed by atoms with E-state index in [1.807, 2.05) is 42.2 Å². The third-order valence-electron chi connectivity index (χ3n) is 6.49. The smallest absolute Gasteiger partial charge is 0.289 e. The Labute approximate surface area is 181 Å². The van der Waals surface area contributed by atoms with Crippen molar-refractivity contribution < 1.29 is 13.6 Å². The average Bonchev–Trinajstić information content (AvgIpc) is 3.35. The van der Waals surface area contributed by atoms with E-state index >= 15 is 0 Å². The summed E-state index contributed by atoms with van der Waals surface area (Å²) in [5.74, 6) is 1.80. The molecule has 1 saturated heterocycles. The Morgan fingerprint density at radius 1 is 1.20 bits per heavy atom. The van der Waals surface area contributed by atoms with Crippen molar-refractivity contribution in [3.05, 3.63) is 47.4 Å². The van der Waals surface area contributed by atoms with Crippen LogP contribution in [0.25, 0.3) is 11.1 Å². The Morgan fingerprint density at radius 3 is 2.83 bits per heavy atom. The number of aryl methyl sites for hydroxylation is 1. The molecule has 5 nitrogen and oxygen atoms in total. The Balaban J connectivity index is 1.27. The molecule has 2 aliphatic rings. The van der Waals surface area contributed by atoms with Gasteiger partial charge in [0.15, 0.2) is 11.3 Å². The van der Waals surface area contributed by atoms with Gasteiger partial charge in [0, 0.05) is 12.6 Å². The molecule has 0 spiro atoms. The largest absolute Gasteiger partial charge is 0.455 e. The van der Waals surface area contributed by atoms with Crippen molar-refractivity contribution in [2.45, 2.75) is 64.0 Å². The van der Waals surface area contributed by atoms with Crippen LogP contribution in [-0.4, -0.2) is 28.4 Å². The van der Waals surface area contributed by atoms with Crippen LogP contribution in [-0.2, 0) is 5.75 Å². The van der Waals surface area contributed by atoms with Gasteiger partial charge in [-0.3, -0.25) is 4.79 Å². The fourth-order valence-electron chi connectivity index (χ4n) is 5.67. The topological polar surface area (TPSA) is 59.5 Å². The van der Waals surface area contributed by atoms with E-state index in [1.165, 1.54) is 18.2 Å². The third-order valence-corrected chi connectivity index (χ3v) is 7.34. The normalized spacial score (nSPS) is 25.2. The summed E-state index contributed by atoms with van der Waals surface area (Å²) in [5.41, 5.74) is 3.30. The van der Waals surface area contributed by atoms with Crippen LogP contribution in [0, 0.1) is 17.8 Å². The number of hydrogen-bond donors (Lipinski definition) is 0. The van der Waals surface area contributed by atoms with Crippen LogP contribution in [0.1, 0.15) is 61.9 Å². The van der Waals surface area contributed by atoms with Gasteiger partial charge in [-0.15, -0.1) is 0 Å². The monoisotopic (exact) mass is 424 g/mol. The van der Waals surface area contributed by atoms with Gasteiger partial charge < -0.3 is 13.7 Å². The zero-order valence-corrected chi connectivity index (χ0v) is 18.8. The van der Waals surface area contributed by atoms with Crippen molar-refractivity contribution in [2.75, 3.05) is 6.54 Å². The lowest BCUT2D eigenvalue weighted by molar-refractivity contribution is 0.0675. The number of carbonyl (C=O) groups excluding carboxylic acids is 1. The minimum absolute atomic E-state index is 0.0233. The van der Waals surface area contributed by atoms with Crippen molar-refractivity contribution >= 4 is 28.8 Å². The Bertz CT molecular complexity index is 1110. The Kier molecular flexibility index (Phi) is 4.54. The standard InChI is InChI=1S/C24H28N2O3S/c1-15-6-5-7-18-20(15)25-22(29-18)30-12-17-8-9-19(28-17)21(27)26-14-24(4)11-16(26)10-23(2,3)13-24/h5-9,16H,10-14H2,1-4H3. The van der Waals surface area contributed by atoms with E-state index < -0.39 is 0 Å². The second kappa shape index (κ2) is 6.91. The number of amides is 1. The molecule has 6 heteroatoms. The average molecular weight is 425 g/mol. The van der Waals surface area contributed by atoms with Gasteiger partial charge in [0.05, 0.1) is 5.75 Å².